The van der Waals surface area contributed by atoms with E-state index in [1.165, 1.54) is 6.42 Å². The van der Waals surface area contributed by atoms with Crippen LogP contribution < -0.4 is 0 Å². The number of carbonyl (C=O) groups is 1. The van der Waals surface area contributed by atoms with Crippen molar-refractivity contribution in [3.8, 4) is 0 Å². The van der Waals surface area contributed by atoms with Gasteiger partial charge in [-0.2, -0.15) is 0 Å². The van der Waals surface area contributed by atoms with Crippen LogP contribution in [0.15, 0.2) is 0 Å². The Labute approximate surface area is 78.3 Å². The summed E-state index contributed by atoms with van der Waals surface area (Å²) in [6.07, 6.45) is 3.31. The normalized spacial score (nSPS) is 7.67. The fourth-order valence-corrected chi connectivity index (χ4v) is 0.484. The zero-order valence-electron chi connectivity index (χ0n) is 5.22. The van der Waals surface area contributed by atoms with Crippen LogP contribution in [0.25, 0.3) is 0 Å². The second-order valence-corrected chi connectivity index (χ2v) is 1.67. The first kappa shape index (κ1) is 12.2. The van der Waals surface area contributed by atoms with Gasteiger partial charge >= 0.3 is 29.6 Å². The average Bonchev–Trinajstić information content (AvgIpc) is 1.81. The molecule has 0 amide bonds. The van der Waals surface area contributed by atoms with Gasteiger partial charge < -0.3 is 4.74 Å². The molecule has 3 heteroatoms. The van der Waals surface area contributed by atoms with Crippen LogP contribution >= 0.6 is 0 Å². The van der Waals surface area contributed by atoms with Crippen LogP contribution in [0.4, 0.5) is 0 Å². The molecule has 0 rings (SSSR count). The molecule has 0 radical (unpaired) electrons. The number of rotatable bonds is 5. The van der Waals surface area contributed by atoms with Gasteiger partial charge in [-0.3, -0.25) is 4.79 Å². The molecule has 2 nitrogen and oxygen atoms in total. The van der Waals surface area contributed by atoms with Gasteiger partial charge in [0.15, 0.2) is 0 Å². The van der Waals surface area contributed by atoms with Crippen LogP contribution in [0.3, 0.4) is 0 Å². The second-order valence-electron chi connectivity index (χ2n) is 1.67. The minimum absolute atomic E-state index is 0. The minimum atomic E-state index is 0. The molecule has 0 N–H and O–H groups in total. The molecule has 0 aromatic rings. The van der Waals surface area contributed by atoms with E-state index < -0.39 is 0 Å². The Kier molecular flexibility index (Phi) is 15.3. The predicted molar refractivity (Wildman–Crippen MR) is 38.7 cm³/mol. The van der Waals surface area contributed by atoms with E-state index in [0.717, 1.165) is 12.8 Å². The molecule has 0 unspecified atom stereocenters. The number of hydrogen-bond acceptors (Lipinski definition) is 2. The second kappa shape index (κ2) is 11.3. The summed E-state index contributed by atoms with van der Waals surface area (Å²) in [5.41, 5.74) is 0. The molecular formula is C6H13NaO2. The Morgan fingerprint density at radius 1 is 1.44 bits per heavy atom. The molecule has 0 fully saturated rings. The Morgan fingerprint density at radius 3 is 2.56 bits per heavy atom. The standard InChI is InChI=1S/C6H12O2.Na.H/c1-2-3-4-5-8-6-7;;/h6H,2-5H2,1H3;;. The van der Waals surface area contributed by atoms with E-state index in [1.807, 2.05) is 0 Å². The molecule has 0 aromatic carbocycles. The van der Waals surface area contributed by atoms with Crippen molar-refractivity contribution < 1.29 is 9.53 Å². The van der Waals surface area contributed by atoms with Crippen molar-refractivity contribution in [2.75, 3.05) is 6.61 Å². The number of carbonyl (C=O) groups excluding carboxylic acids is 1. The maximum absolute atomic E-state index is 9.55. The van der Waals surface area contributed by atoms with Crippen molar-refractivity contribution >= 4 is 36.0 Å². The molecule has 0 aliphatic carbocycles. The van der Waals surface area contributed by atoms with Gasteiger partial charge in [-0.25, -0.2) is 0 Å². The summed E-state index contributed by atoms with van der Waals surface area (Å²) in [5.74, 6) is 0. The van der Waals surface area contributed by atoms with Crippen LogP contribution in [-0.2, 0) is 9.53 Å². The molecule has 0 aromatic heterocycles. The van der Waals surface area contributed by atoms with E-state index in [1.54, 1.807) is 0 Å². The molecule has 9 heavy (non-hydrogen) atoms. The average molecular weight is 140 g/mol. The zero-order valence-corrected chi connectivity index (χ0v) is 5.22. The number of hydrogen-bond donors (Lipinski definition) is 0. The Hall–Kier alpha value is 0.470. The Bertz CT molecular complexity index is 57.0. The summed E-state index contributed by atoms with van der Waals surface area (Å²) in [6, 6.07) is 0. The summed E-state index contributed by atoms with van der Waals surface area (Å²) in [6.45, 7) is 3.19. The SMILES string of the molecule is CCCCCOC=O.[NaH]. The van der Waals surface area contributed by atoms with Crippen molar-refractivity contribution in [1.82, 2.24) is 0 Å². The van der Waals surface area contributed by atoms with Crippen molar-refractivity contribution in [1.29, 1.82) is 0 Å². The van der Waals surface area contributed by atoms with Gasteiger partial charge in [0.25, 0.3) is 6.47 Å². The van der Waals surface area contributed by atoms with Gasteiger partial charge in [0.05, 0.1) is 6.61 Å². The molecule has 0 bridgehead atoms. The molecule has 0 spiro atoms. The molecule has 0 aliphatic rings. The van der Waals surface area contributed by atoms with Crippen molar-refractivity contribution in [2.45, 2.75) is 26.2 Å². The van der Waals surface area contributed by atoms with Gasteiger partial charge in [-0.15, -0.1) is 0 Å². The topological polar surface area (TPSA) is 26.3 Å². The van der Waals surface area contributed by atoms with Crippen LogP contribution in [0, 0.1) is 0 Å². The van der Waals surface area contributed by atoms with E-state index >= 15 is 0 Å². The van der Waals surface area contributed by atoms with E-state index in [4.69, 9.17) is 0 Å². The third-order valence-corrected chi connectivity index (χ3v) is 0.934. The monoisotopic (exact) mass is 140 g/mol. The molecule has 0 saturated carbocycles. The van der Waals surface area contributed by atoms with E-state index in [0.29, 0.717) is 13.1 Å². The summed E-state index contributed by atoms with van der Waals surface area (Å²) in [5, 5.41) is 0. The number of unbranched alkanes of at least 4 members (excludes halogenated alkanes) is 2. The Morgan fingerprint density at radius 2 is 2.11 bits per heavy atom. The molecule has 0 saturated heterocycles. The fourth-order valence-electron chi connectivity index (χ4n) is 0.484. The van der Waals surface area contributed by atoms with Crippen molar-refractivity contribution in [3.05, 3.63) is 0 Å². The maximum atomic E-state index is 9.55. The van der Waals surface area contributed by atoms with Gasteiger partial charge in [-0.05, 0) is 6.42 Å². The fraction of sp³-hybridized carbons (Fsp3) is 0.833. The first-order valence-corrected chi connectivity index (χ1v) is 2.97. The van der Waals surface area contributed by atoms with Gasteiger partial charge in [-0.1, -0.05) is 19.8 Å². The van der Waals surface area contributed by atoms with Crippen molar-refractivity contribution in [2.24, 2.45) is 0 Å². The van der Waals surface area contributed by atoms with Crippen LogP contribution in [0.1, 0.15) is 26.2 Å². The van der Waals surface area contributed by atoms with Gasteiger partial charge in [0.2, 0.25) is 0 Å². The third kappa shape index (κ3) is 11.8. The van der Waals surface area contributed by atoms with Crippen LogP contribution in [0.2, 0.25) is 0 Å². The molecule has 50 valence electrons. The quantitative estimate of drug-likeness (QED) is 0.319. The molecule has 0 heterocycles. The first-order valence-electron chi connectivity index (χ1n) is 2.97. The van der Waals surface area contributed by atoms with Gasteiger partial charge in [0.1, 0.15) is 0 Å². The van der Waals surface area contributed by atoms with Crippen LogP contribution in [0.5, 0.6) is 0 Å². The summed E-state index contributed by atoms with van der Waals surface area (Å²) in [4.78, 5) is 9.55. The van der Waals surface area contributed by atoms with Crippen LogP contribution in [-0.4, -0.2) is 42.6 Å². The Balaban J connectivity index is 0. The zero-order chi connectivity index (χ0) is 6.24. The third-order valence-electron chi connectivity index (χ3n) is 0.934. The van der Waals surface area contributed by atoms with Crippen molar-refractivity contribution in [3.63, 3.8) is 0 Å². The predicted octanol–water partition coefficient (Wildman–Crippen LogP) is 0.701. The summed E-state index contributed by atoms with van der Waals surface area (Å²) < 4.78 is 4.46. The summed E-state index contributed by atoms with van der Waals surface area (Å²) in [7, 11) is 0. The van der Waals surface area contributed by atoms with Gasteiger partial charge in [0, 0.05) is 0 Å². The van der Waals surface area contributed by atoms with E-state index in [2.05, 4.69) is 11.7 Å². The van der Waals surface area contributed by atoms with E-state index in [9.17, 15) is 4.79 Å². The molecular weight excluding hydrogens is 127 g/mol. The molecule has 0 atom stereocenters. The first-order chi connectivity index (χ1) is 3.91. The van der Waals surface area contributed by atoms with E-state index in [-0.39, 0.29) is 29.6 Å². The summed E-state index contributed by atoms with van der Waals surface area (Å²) >= 11 is 0. The number of ether oxygens (including phenoxy) is 1. The molecule has 0 aliphatic heterocycles.